The van der Waals surface area contributed by atoms with Gasteiger partial charge in [0.25, 0.3) is 63.0 Å². The van der Waals surface area contributed by atoms with Crippen LogP contribution in [0.5, 0.6) is 0 Å². The Morgan fingerprint density at radius 2 is 0.603 bits per heavy atom. The molecule has 0 saturated heterocycles. The summed E-state index contributed by atoms with van der Waals surface area (Å²) in [7, 11) is 0. The molecule has 6 aliphatic heterocycles. The third-order valence-corrected chi connectivity index (χ3v) is 25.5. The van der Waals surface area contributed by atoms with Gasteiger partial charge >= 0.3 is 34.1 Å². The molecule has 43 heteroatoms. The number of nitrogens with one attached hydrogen (secondary N) is 12. The van der Waals surface area contributed by atoms with Crippen molar-refractivity contribution in [3.8, 4) is 0 Å². The van der Waals surface area contributed by atoms with Gasteiger partial charge in [0.05, 0.1) is 38.9 Å². The number of aromatic nitrogens is 12. The summed E-state index contributed by atoms with van der Waals surface area (Å²) in [5, 5.41) is 16.6. The summed E-state index contributed by atoms with van der Waals surface area (Å²) in [6, 6.07) is 34.6. The number of H-pyrrole nitrogens is 6. The van der Waals surface area contributed by atoms with Crippen molar-refractivity contribution in [1.82, 2.24) is 57.3 Å². The van der Waals surface area contributed by atoms with E-state index in [0.29, 0.717) is 34.0 Å². The second-order valence-electron chi connectivity index (χ2n) is 37.2. The van der Waals surface area contributed by atoms with Gasteiger partial charge in [-0.1, -0.05) is 145 Å². The van der Waals surface area contributed by atoms with Crippen LogP contribution in [0.2, 0.25) is 5.02 Å². The van der Waals surface area contributed by atoms with Crippen LogP contribution in [0.3, 0.4) is 0 Å². The van der Waals surface area contributed by atoms with Crippen LogP contribution in [0.15, 0.2) is 221 Å². The first-order valence-corrected chi connectivity index (χ1v) is 45.6. The largest absolute Gasteiger partial charge is 0.362 e. The molecule has 0 amide bonds. The van der Waals surface area contributed by atoms with Crippen molar-refractivity contribution in [2.75, 3.05) is 31.9 Å². The first-order valence-electron chi connectivity index (χ1n) is 45.2. The van der Waals surface area contributed by atoms with Gasteiger partial charge in [0.1, 0.15) is 76.2 Å². The fourth-order valence-electron chi connectivity index (χ4n) is 18.0. The summed E-state index contributed by atoms with van der Waals surface area (Å²) < 4.78 is 180. The van der Waals surface area contributed by atoms with Gasteiger partial charge in [-0.2, -0.15) is 0 Å². The van der Waals surface area contributed by atoms with Gasteiger partial charge in [-0.25, -0.2) is 81.5 Å². The van der Waals surface area contributed by atoms with Crippen molar-refractivity contribution in [3.05, 3.63) is 372 Å². The minimum Gasteiger partial charge on any atom is -0.362 e. The molecule has 30 nitrogen and oxygen atoms in total. The number of hydrogen-bond acceptors (Lipinski definition) is 18. The summed E-state index contributed by atoms with van der Waals surface area (Å²) in [5.74, 6) is -17.0. The second-order valence-corrected chi connectivity index (χ2v) is 37.7. The van der Waals surface area contributed by atoms with E-state index in [1.807, 2.05) is 32.0 Å². The molecule has 12 N–H and O–H groups in total. The van der Waals surface area contributed by atoms with Crippen LogP contribution in [0, 0.1) is 11.6 Å². The van der Waals surface area contributed by atoms with Crippen LogP contribution in [0.25, 0.3) is 0 Å². The van der Waals surface area contributed by atoms with E-state index in [0.717, 1.165) is 53.0 Å². The summed E-state index contributed by atoms with van der Waals surface area (Å²) in [5.41, 5.74) is -7.29. The Hall–Kier alpha value is -14.4. The number of anilines is 6. The van der Waals surface area contributed by atoms with E-state index >= 15 is 0 Å². The number of aromatic amines is 6. The number of hydrogen-bond donors (Lipinski definition) is 12. The lowest BCUT2D eigenvalue weighted by Gasteiger charge is -2.43. The molecule has 0 radical (unpaired) electrons. The smallest absolute Gasteiger partial charge is 0.330 e. The van der Waals surface area contributed by atoms with Gasteiger partial charge in [-0.05, 0) is 168 Å². The third-order valence-electron chi connectivity index (χ3n) is 25.2. The monoisotopic (exact) mass is 1990 g/mol. The van der Waals surface area contributed by atoms with Crippen molar-refractivity contribution in [2.24, 2.45) is 0 Å². The molecule has 750 valence electrons. The first kappa shape index (κ1) is 104. The molecule has 0 spiro atoms. The number of alkyl halides is 10. The molecule has 0 fully saturated rings. The molecule has 6 aromatic carbocycles. The molecular formula is C98H105ClF12N18O12. The maximum absolute atomic E-state index is 14.9. The van der Waals surface area contributed by atoms with Gasteiger partial charge in [0.2, 0.25) is 0 Å². The predicted molar refractivity (Wildman–Crippen MR) is 513 cm³/mol. The summed E-state index contributed by atoms with van der Waals surface area (Å²) in [4.78, 5) is 162. The van der Waals surface area contributed by atoms with E-state index in [1.165, 1.54) is 54.0 Å². The van der Waals surface area contributed by atoms with Crippen LogP contribution in [0.1, 0.15) is 231 Å². The molecule has 6 aliphatic rings. The Morgan fingerprint density at radius 3 is 0.965 bits per heavy atom. The van der Waals surface area contributed by atoms with Crippen molar-refractivity contribution < 1.29 is 52.7 Å². The highest BCUT2D eigenvalue weighted by atomic mass is 35.5. The molecular weight excluding hydrogens is 1880 g/mol. The van der Waals surface area contributed by atoms with Crippen LogP contribution >= 0.6 is 11.6 Å². The minimum absolute atomic E-state index is 0.0396. The number of nitrogens with zero attached hydrogens (tertiary/aromatic N) is 6. The molecule has 0 aliphatic carbocycles. The Labute approximate surface area is 799 Å². The van der Waals surface area contributed by atoms with Crippen molar-refractivity contribution >= 4 is 46.5 Å². The maximum Gasteiger partial charge on any atom is 0.330 e. The minimum atomic E-state index is -3.39. The molecule has 12 heterocycles. The lowest BCUT2D eigenvalue weighted by molar-refractivity contribution is -0.0654. The van der Waals surface area contributed by atoms with Gasteiger partial charge in [0, 0.05) is 78.9 Å². The van der Waals surface area contributed by atoms with Gasteiger partial charge in [-0.3, -0.25) is 86.1 Å². The van der Waals surface area contributed by atoms with Crippen LogP contribution in [-0.2, 0) is 49.6 Å². The molecule has 6 atom stereocenters. The number of halogens is 13. The summed E-state index contributed by atoms with van der Waals surface area (Å²) >= 11 is 5.88. The highest BCUT2D eigenvalue weighted by molar-refractivity contribution is 6.30. The highest BCUT2D eigenvalue weighted by Crippen LogP contribution is 2.49. The lowest BCUT2D eigenvalue weighted by atomic mass is 9.80. The highest BCUT2D eigenvalue weighted by Gasteiger charge is 2.57. The molecule has 0 bridgehead atoms. The van der Waals surface area contributed by atoms with E-state index in [9.17, 15) is 110 Å². The van der Waals surface area contributed by atoms with Crippen molar-refractivity contribution in [2.45, 2.75) is 243 Å². The fraction of sp³-hybridized carbons (Fsp3) is 0.388. The van der Waals surface area contributed by atoms with Gasteiger partial charge in [0.15, 0.2) is 0 Å². The molecule has 0 unspecified atom stereocenters. The standard InChI is InChI=1S/C17H19F2N3O2.C17H21N3O2.C16H16ClF2N3O2.2C16H16F3N3O2.C16H17F2N3O2/c1-10(2)22-14(23)12-9-17(18,19)16(3,11-7-5-4-6-8-11)21-13(12)20-15(22)24;1-11(2)20-15(21)13-9-10-17(3,12-7-5-4-6-8-12)19-14(13)18-16(20)22;2*1-8(2)22-14(23)11-7-16(18,19)12(20-13(11)21-15(22)24)9-4-3-5-10(17)6-9;1-8(2)22-14(23)10-7-16(18,19)12(20-13(10)21-15(22)24)9-5-3-4-6-11(9)17;1-9(2)21-14(22)11-8-16(17,18)12(10-6-4-3-5-7-10)19-13(11)20-15(21)23/h4-8,10,21H,9H2,1-3H3,(H,20,24);4-8,11,19H,9-10H2,1-3H3,(H,18,22);3*3-6,8,12,20H,7H2,1-2H3,(H,21,24);3-7,9,12,19H,8H2,1-2H3,(H,20,23)/t16-;17-;4*12-/m010000/s1. The van der Waals surface area contributed by atoms with Gasteiger partial charge < -0.3 is 31.9 Å². The second kappa shape index (κ2) is 40.1. The van der Waals surface area contributed by atoms with E-state index in [2.05, 4.69) is 80.9 Å². The third kappa shape index (κ3) is 21.0. The normalized spacial score (nSPS) is 19.8. The zero-order chi connectivity index (χ0) is 103. The Morgan fingerprint density at radius 1 is 0.312 bits per heavy atom. The van der Waals surface area contributed by atoms with E-state index in [-0.39, 0.29) is 96.4 Å². The molecule has 141 heavy (non-hydrogen) atoms. The fourth-order valence-corrected chi connectivity index (χ4v) is 18.2. The van der Waals surface area contributed by atoms with E-state index in [4.69, 9.17) is 11.6 Å². The number of rotatable bonds is 12. The topological polar surface area (TPSA) is 401 Å². The SMILES string of the molecule is CC(C)n1c(=O)[nH]c2c(c1=O)CC(F)(F)[C@H](c1cccc(Cl)c1)N2.CC(C)n1c(=O)[nH]c2c(c1=O)CC(F)(F)[C@H](c1cccc(F)c1)N2.CC(C)n1c(=O)[nH]c2c(c1=O)CC(F)(F)[C@H](c1ccccc1)N2.CC(C)n1c(=O)[nH]c2c(c1=O)CC(F)(F)[C@H](c1ccccc1F)N2.CC(C)n1c(=O)[nH]c2c(c1=O)CC(F)(F)[C@](C)(c1ccccc1)N2.CC(C)n1c(=O)[nH]c2c(c1=O)CC[C@](C)(c1ccccc1)N2. The predicted octanol–water partition coefficient (Wildman–Crippen LogP) is 15.8. The molecule has 6 aromatic heterocycles. The van der Waals surface area contributed by atoms with Gasteiger partial charge in [-0.15, -0.1) is 0 Å². The van der Waals surface area contributed by atoms with Crippen LogP contribution in [-0.4, -0.2) is 86.9 Å². The summed E-state index contributed by atoms with van der Waals surface area (Å²) in [6.45, 7) is 23.5. The number of fused-ring (bicyclic) bond motifs is 6. The van der Waals surface area contributed by atoms with Crippen LogP contribution in [0.4, 0.5) is 87.6 Å². The van der Waals surface area contributed by atoms with Crippen molar-refractivity contribution in [3.63, 3.8) is 0 Å². The average molecular weight is 1990 g/mol. The first-order chi connectivity index (χ1) is 66.0. The zero-order valence-electron chi connectivity index (χ0n) is 78.8. The Bertz CT molecular complexity index is 7370. The van der Waals surface area contributed by atoms with E-state index in [1.54, 1.807) is 142 Å². The Kier molecular flexibility index (Phi) is 29.6. The van der Waals surface area contributed by atoms with Crippen LogP contribution < -0.4 is 99.4 Å². The Balaban J connectivity index is 0.000000142. The maximum atomic E-state index is 14.9. The quantitative estimate of drug-likeness (QED) is 0.0506. The molecule has 12 aromatic rings. The summed E-state index contributed by atoms with van der Waals surface area (Å²) in [6.07, 6.45) is -2.45. The molecule has 0 saturated carbocycles. The lowest BCUT2D eigenvalue weighted by Crippen LogP contribution is -2.56. The number of benzene rings is 6. The molecule has 18 rings (SSSR count). The van der Waals surface area contributed by atoms with E-state index < -0.39 is 190 Å². The zero-order valence-corrected chi connectivity index (χ0v) is 79.6. The average Bonchev–Trinajstić information content (AvgIpc) is 0.409. The van der Waals surface area contributed by atoms with Crippen molar-refractivity contribution in [1.29, 1.82) is 0 Å².